The lowest BCUT2D eigenvalue weighted by Gasteiger charge is -2.23. The van der Waals surface area contributed by atoms with Crippen LogP contribution in [0.2, 0.25) is 0 Å². The van der Waals surface area contributed by atoms with Gasteiger partial charge in [0.15, 0.2) is 5.82 Å². The van der Waals surface area contributed by atoms with Gasteiger partial charge in [0, 0.05) is 37.3 Å². The number of rotatable bonds is 7. The highest BCUT2D eigenvalue weighted by Crippen LogP contribution is 2.40. The SMILES string of the molecule is COc1cc2c(cc1-c1c(C)noc1C)nc(NCCO)c1ncn(CC3CCOCC3)c12. The normalized spacial score (nSPS) is 14.9. The van der Waals surface area contributed by atoms with E-state index in [1.165, 1.54) is 0 Å². The molecule has 1 aliphatic heterocycles. The minimum Gasteiger partial charge on any atom is -0.496 e. The molecule has 9 nitrogen and oxygen atoms in total. The molecule has 0 aliphatic carbocycles. The minimum atomic E-state index is 0.0108. The lowest BCUT2D eigenvalue weighted by molar-refractivity contribution is 0.0616. The number of nitrogens with zero attached hydrogens (tertiary/aromatic N) is 4. The molecule has 5 rings (SSSR count). The lowest BCUT2D eigenvalue weighted by Crippen LogP contribution is -2.20. The zero-order chi connectivity index (χ0) is 22.9. The van der Waals surface area contributed by atoms with E-state index in [1.54, 1.807) is 7.11 Å². The maximum Gasteiger partial charge on any atom is 0.155 e. The molecule has 4 heterocycles. The first-order valence-corrected chi connectivity index (χ1v) is 11.3. The topological polar surface area (TPSA) is 107 Å². The average Bonchev–Trinajstić information content (AvgIpc) is 3.40. The Kier molecular flexibility index (Phi) is 5.90. The molecule has 1 fully saturated rings. The summed E-state index contributed by atoms with van der Waals surface area (Å²) in [4.78, 5) is 9.58. The fourth-order valence-corrected chi connectivity index (χ4v) is 4.74. The van der Waals surface area contributed by atoms with E-state index < -0.39 is 0 Å². The van der Waals surface area contributed by atoms with E-state index in [9.17, 15) is 5.11 Å². The average molecular weight is 452 g/mol. The zero-order valence-electron chi connectivity index (χ0n) is 19.2. The van der Waals surface area contributed by atoms with Crippen LogP contribution in [-0.4, -0.2) is 58.3 Å². The molecule has 0 atom stereocenters. The molecule has 0 saturated carbocycles. The van der Waals surface area contributed by atoms with Crippen LogP contribution < -0.4 is 10.1 Å². The van der Waals surface area contributed by atoms with Crippen molar-refractivity contribution in [2.24, 2.45) is 5.92 Å². The summed E-state index contributed by atoms with van der Waals surface area (Å²) in [5.41, 5.74) is 5.21. The highest BCUT2D eigenvalue weighted by molar-refractivity contribution is 6.08. The van der Waals surface area contributed by atoms with Crippen molar-refractivity contribution in [3.63, 3.8) is 0 Å². The molecule has 1 aliphatic rings. The van der Waals surface area contributed by atoms with Gasteiger partial charge >= 0.3 is 0 Å². The molecule has 0 spiro atoms. The largest absolute Gasteiger partial charge is 0.496 e. The van der Waals surface area contributed by atoms with Crippen LogP contribution in [0, 0.1) is 19.8 Å². The Balaban J connectivity index is 1.72. The molecule has 174 valence electrons. The summed E-state index contributed by atoms with van der Waals surface area (Å²) in [5.74, 6) is 2.66. The van der Waals surface area contributed by atoms with Gasteiger partial charge in [-0.2, -0.15) is 0 Å². The molecule has 1 saturated heterocycles. The summed E-state index contributed by atoms with van der Waals surface area (Å²) in [6, 6.07) is 4.06. The first-order valence-electron chi connectivity index (χ1n) is 11.3. The third-order valence-electron chi connectivity index (χ3n) is 6.37. The highest BCUT2D eigenvalue weighted by Gasteiger charge is 2.22. The van der Waals surface area contributed by atoms with Crippen LogP contribution in [0.1, 0.15) is 24.3 Å². The molecule has 0 unspecified atom stereocenters. The molecule has 3 aromatic heterocycles. The van der Waals surface area contributed by atoms with Crippen LogP contribution in [0.25, 0.3) is 33.1 Å². The summed E-state index contributed by atoms with van der Waals surface area (Å²) >= 11 is 0. The fraction of sp³-hybridized carbons (Fsp3) is 0.458. The molecular weight excluding hydrogens is 422 g/mol. The predicted octanol–water partition coefficient (Wildman–Crippen LogP) is 3.70. The van der Waals surface area contributed by atoms with Crippen LogP contribution >= 0.6 is 0 Å². The number of methoxy groups -OCH3 is 1. The van der Waals surface area contributed by atoms with Crippen LogP contribution in [0.4, 0.5) is 5.82 Å². The first kappa shape index (κ1) is 21.7. The van der Waals surface area contributed by atoms with E-state index in [-0.39, 0.29) is 6.61 Å². The Morgan fingerprint density at radius 2 is 2.06 bits per heavy atom. The van der Waals surface area contributed by atoms with Gasteiger partial charge in [0.25, 0.3) is 0 Å². The van der Waals surface area contributed by atoms with Crippen molar-refractivity contribution in [3.05, 3.63) is 29.9 Å². The number of aryl methyl sites for hydroxylation is 2. The minimum absolute atomic E-state index is 0.0108. The van der Waals surface area contributed by atoms with Crippen LogP contribution in [0.5, 0.6) is 5.75 Å². The number of imidazole rings is 1. The molecular formula is C24H29N5O4. The first-order chi connectivity index (χ1) is 16.1. The van der Waals surface area contributed by atoms with Crippen LogP contribution in [-0.2, 0) is 11.3 Å². The molecule has 33 heavy (non-hydrogen) atoms. The van der Waals surface area contributed by atoms with E-state index in [2.05, 4.69) is 15.0 Å². The summed E-state index contributed by atoms with van der Waals surface area (Å²) in [7, 11) is 1.67. The molecule has 9 heteroatoms. The number of hydrogen-bond acceptors (Lipinski definition) is 8. The van der Waals surface area contributed by atoms with Gasteiger partial charge in [0.1, 0.15) is 17.0 Å². The van der Waals surface area contributed by atoms with E-state index in [0.29, 0.717) is 18.3 Å². The number of aliphatic hydroxyl groups is 1. The molecule has 0 amide bonds. The smallest absolute Gasteiger partial charge is 0.155 e. The van der Waals surface area contributed by atoms with Gasteiger partial charge < -0.3 is 29.0 Å². The highest BCUT2D eigenvalue weighted by atomic mass is 16.5. The van der Waals surface area contributed by atoms with E-state index in [0.717, 1.165) is 82.9 Å². The number of benzene rings is 1. The molecule has 4 aromatic rings. The maximum atomic E-state index is 9.37. The van der Waals surface area contributed by atoms with E-state index in [1.807, 2.05) is 32.3 Å². The van der Waals surface area contributed by atoms with Crippen molar-refractivity contribution in [2.45, 2.75) is 33.2 Å². The molecule has 0 radical (unpaired) electrons. The summed E-state index contributed by atoms with van der Waals surface area (Å²) < 4.78 is 19.0. The van der Waals surface area contributed by atoms with Crippen molar-refractivity contribution in [3.8, 4) is 16.9 Å². The Morgan fingerprint density at radius 3 is 2.76 bits per heavy atom. The third kappa shape index (κ3) is 3.91. The summed E-state index contributed by atoms with van der Waals surface area (Å²) in [6.45, 7) is 6.70. The number of aliphatic hydroxyl groups excluding tert-OH is 1. The van der Waals surface area contributed by atoms with Gasteiger partial charge in [-0.05, 0) is 44.7 Å². The Labute approximate surface area is 191 Å². The van der Waals surface area contributed by atoms with E-state index >= 15 is 0 Å². The number of hydrogen-bond donors (Lipinski definition) is 2. The Morgan fingerprint density at radius 1 is 1.24 bits per heavy atom. The van der Waals surface area contributed by atoms with Gasteiger partial charge in [0.2, 0.25) is 0 Å². The summed E-state index contributed by atoms with van der Waals surface area (Å²) in [5, 5.41) is 17.7. The second-order valence-electron chi connectivity index (χ2n) is 8.53. The van der Waals surface area contributed by atoms with Crippen molar-refractivity contribution in [2.75, 3.05) is 38.8 Å². The number of aromatic nitrogens is 4. The lowest BCUT2D eigenvalue weighted by atomic mass is 9.99. The zero-order valence-corrected chi connectivity index (χ0v) is 19.2. The maximum absolute atomic E-state index is 9.37. The van der Waals surface area contributed by atoms with E-state index in [4.69, 9.17) is 24.0 Å². The number of nitrogens with one attached hydrogen (secondary N) is 1. The van der Waals surface area contributed by atoms with Crippen molar-refractivity contribution in [1.82, 2.24) is 19.7 Å². The Bertz CT molecular complexity index is 1270. The molecule has 0 bridgehead atoms. The number of anilines is 1. The standard InChI is InChI=1S/C24H29N5O4/c1-14-21(15(2)33-28-14)18-10-19-17(11-20(18)31-3)23-22(24(27-19)25-6-7-30)26-13-29(23)12-16-4-8-32-9-5-16/h10-11,13,16,30H,4-9,12H2,1-3H3,(H,25,27). The van der Waals surface area contributed by atoms with Gasteiger partial charge in [-0.15, -0.1) is 0 Å². The number of fused-ring (bicyclic) bond motifs is 3. The fourth-order valence-electron chi connectivity index (χ4n) is 4.74. The van der Waals surface area contributed by atoms with Crippen molar-refractivity contribution >= 4 is 27.8 Å². The monoisotopic (exact) mass is 451 g/mol. The van der Waals surface area contributed by atoms with Gasteiger partial charge in [-0.25, -0.2) is 9.97 Å². The summed E-state index contributed by atoms with van der Waals surface area (Å²) in [6.07, 6.45) is 3.97. The van der Waals surface area contributed by atoms with Gasteiger partial charge in [-0.1, -0.05) is 5.16 Å². The quantitative estimate of drug-likeness (QED) is 0.438. The molecule has 2 N–H and O–H groups in total. The molecule has 1 aromatic carbocycles. The number of pyridine rings is 1. The van der Waals surface area contributed by atoms with Gasteiger partial charge in [0.05, 0.1) is 42.3 Å². The second kappa shape index (κ2) is 8.99. The second-order valence-corrected chi connectivity index (χ2v) is 8.53. The number of ether oxygens (including phenoxy) is 2. The van der Waals surface area contributed by atoms with Crippen LogP contribution in [0.15, 0.2) is 23.0 Å². The third-order valence-corrected chi connectivity index (χ3v) is 6.37. The van der Waals surface area contributed by atoms with Gasteiger partial charge in [-0.3, -0.25) is 0 Å². The Hall–Kier alpha value is -3.17. The van der Waals surface area contributed by atoms with Crippen molar-refractivity contribution in [1.29, 1.82) is 0 Å². The van der Waals surface area contributed by atoms with Crippen molar-refractivity contribution < 1.29 is 19.1 Å². The van der Waals surface area contributed by atoms with Crippen LogP contribution in [0.3, 0.4) is 0 Å². The predicted molar refractivity (Wildman–Crippen MR) is 126 cm³/mol.